The molecule has 0 saturated heterocycles. The maximum atomic E-state index is 9.23. The van der Waals surface area contributed by atoms with Crippen molar-refractivity contribution in [2.75, 3.05) is 0 Å². The summed E-state index contributed by atoms with van der Waals surface area (Å²) in [5.74, 6) is 0.980. The maximum absolute atomic E-state index is 9.23. The molecule has 0 aliphatic carbocycles. The molecule has 4 heteroatoms. The number of rotatable bonds is 0. The van der Waals surface area contributed by atoms with Gasteiger partial charge in [-0.2, -0.15) is 0 Å². The maximum Gasteiger partial charge on any atom is 0.211 e. The van der Waals surface area contributed by atoms with Crippen LogP contribution in [-0.4, -0.2) is 25.9 Å². The van der Waals surface area contributed by atoms with Crippen molar-refractivity contribution in [2.45, 2.75) is 25.5 Å². The Hall–Kier alpha value is -1.03. The van der Waals surface area contributed by atoms with Gasteiger partial charge in [-0.05, 0) is 6.42 Å². The van der Waals surface area contributed by atoms with E-state index in [1.165, 1.54) is 6.20 Å². The minimum atomic E-state index is -0.288. The zero-order valence-electron chi connectivity index (χ0n) is 6.06. The molecule has 1 unspecified atom stereocenters. The molecule has 1 aromatic rings. The van der Waals surface area contributed by atoms with Gasteiger partial charge in [0.05, 0.1) is 12.3 Å². The summed E-state index contributed by atoms with van der Waals surface area (Å²) in [4.78, 5) is 3.96. The van der Waals surface area contributed by atoms with Crippen LogP contribution in [0.5, 0.6) is 5.88 Å². The summed E-state index contributed by atoms with van der Waals surface area (Å²) in [5, 5.41) is 18.4. The van der Waals surface area contributed by atoms with Gasteiger partial charge in [-0.3, -0.25) is 4.57 Å². The summed E-state index contributed by atoms with van der Waals surface area (Å²) in [7, 11) is 0. The van der Waals surface area contributed by atoms with Crippen molar-refractivity contribution >= 4 is 0 Å². The topological polar surface area (TPSA) is 58.3 Å². The van der Waals surface area contributed by atoms with Crippen molar-refractivity contribution in [3.05, 3.63) is 12.0 Å². The minimum absolute atomic E-state index is 0.201. The van der Waals surface area contributed by atoms with Crippen LogP contribution in [0.3, 0.4) is 0 Å². The summed E-state index contributed by atoms with van der Waals surface area (Å²) in [6.07, 6.45) is 2.40. The Labute approximate surface area is 64.1 Å². The number of hydrogen-bond donors (Lipinski definition) is 2. The number of nitrogens with zero attached hydrogens (tertiary/aromatic N) is 2. The second kappa shape index (κ2) is 2.23. The average molecular weight is 154 g/mol. The Morgan fingerprint density at radius 3 is 3.27 bits per heavy atom. The van der Waals surface area contributed by atoms with Crippen molar-refractivity contribution in [3.63, 3.8) is 0 Å². The van der Waals surface area contributed by atoms with E-state index in [2.05, 4.69) is 4.98 Å². The number of aromatic hydroxyl groups is 1. The molecule has 0 saturated carbocycles. The molecular formula is C7H10N2O2. The van der Waals surface area contributed by atoms with E-state index >= 15 is 0 Å². The van der Waals surface area contributed by atoms with E-state index in [1.807, 2.05) is 0 Å². The monoisotopic (exact) mass is 154 g/mol. The van der Waals surface area contributed by atoms with Crippen LogP contribution >= 0.6 is 0 Å². The second-order valence-electron chi connectivity index (χ2n) is 2.83. The summed E-state index contributed by atoms with van der Waals surface area (Å²) in [6.45, 7) is 0.669. The molecule has 2 heterocycles. The van der Waals surface area contributed by atoms with Crippen LogP contribution in [0, 0.1) is 0 Å². The largest absolute Gasteiger partial charge is 0.493 e. The number of aliphatic hydroxyl groups excluding tert-OH is 1. The minimum Gasteiger partial charge on any atom is -0.493 e. The van der Waals surface area contributed by atoms with Crippen LogP contribution in [0.2, 0.25) is 0 Å². The average Bonchev–Trinajstić information content (AvgIpc) is 2.32. The first-order valence-electron chi connectivity index (χ1n) is 3.69. The van der Waals surface area contributed by atoms with Gasteiger partial charge in [0, 0.05) is 13.0 Å². The third-order valence-electron chi connectivity index (χ3n) is 2.02. The first-order chi connectivity index (χ1) is 5.27. The number of fused-ring (bicyclic) bond motifs is 1. The van der Waals surface area contributed by atoms with E-state index in [4.69, 9.17) is 0 Å². The Kier molecular flexibility index (Phi) is 1.35. The van der Waals surface area contributed by atoms with E-state index in [9.17, 15) is 10.2 Å². The van der Waals surface area contributed by atoms with Crippen LogP contribution in [0.25, 0.3) is 0 Å². The molecule has 0 spiro atoms. The van der Waals surface area contributed by atoms with E-state index < -0.39 is 0 Å². The lowest BCUT2D eigenvalue weighted by molar-refractivity contribution is 0.139. The van der Waals surface area contributed by atoms with Gasteiger partial charge < -0.3 is 10.2 Å². The van der Waals surface area contributed by atoms with Crippen LogP contribution in [0.15, 0.2) is 6.20 Å². The summed E-state index contributed by atoms with van der Waals surface area (Å²) in [6, 6.07) is 0. The third-order valence-corrected chi connectivity index (χ3v) is 2.02. The highest BCUT2D eigenvalue weighted by Gasteiger charge is 2.19. The van der Waals surface area contributed by atoms with Crippen LogP contribution in [-0.2, 0) is 13.0 Å². The molecule has 0 aromatic carbocycles. The van der Waals surface area contributed by atoms with Gasteiger partial charge >= 0.3 is 0 Å². The van der Waals surface area contributed by atoms with Gasteiger partial charge in [-0.15, -0.1) is 0 Å². The quantitative estimate of drug-likeness (QED) is 0.548. The first-order valence-corrected chi connectivity index (χ1v) is 3.69. The number of aliphatic hydroxyl groups is 1. The van der Waals surface area contributed by atoms with Crippen molar-refractivity contribution in [2.24, 2.45) is 0 Å². The smallest absolute Gasteiger partial charge is 0.211 e. The van der Waals surface area contributed by atoms with Crippen molar-refractivity contribution < 1.29 is 10.2 Å². The molecule has 1 aliphatic rings. The fraction of sp³-hybridized carbons (Fsp3) is 0.571. The zero-order valence-corrected chi connectivity index (χ0v) is 6.06. The fourth-order valence-electron chi connectivity index (χ4n) is 1.40. The van der Waals surface area contributed by atoms with Crippen LogP contribution < -0.4 is 0 Å². The van der Waals surface area contributed by atoms with Gasteiger partial charge in [0.2, 0.25) is 5.88 Å². The first kappa shape index (κ1) is 6.67. The number of aromatic nitrogens is 2. The van der Waals surface area contributed by atoms with Crippen LogP contribution in [0.4, 0.5) is 0 Å². The Bertz CT molecular complexity index is 269. The Morgan fingerprint density at radius 2 is 2.45 bits per heavy atom. The van der Waals surface area contributed by atoms with Crippen LogP contribution in [0.1, 0.15) is 12.2 Å². The number of imidazole rings is 1. The van der Waals surface area contributed by atoms with Gasteiger partial charge in [-0.25, -0.2) is 4.98 Å². The van der Waals surface area contributed by atoms with E-state index in [0.717, 1.165) is 5.82 Å². The molecule has 0 bridgehead atoms. The fourth-order valence-corrected chi connectivity index (χ4v) is 1.40. The Balaban J connectivity index is 2.36. The molecule has 2 rings (SSSR count). The highest BCUT2D eigenvalue weighted by molar-refractivity contribution is 5.12. The second-order valence-corrected chi connectivity index (χ2v) is 2.83. The van der Waals surface area contributed by atoms with Crippen molar-refractivity contribution in [3.8, 4) is 5.88 Å². The molecule has 0 radical (unpaired) electrons. The lowest BCUT2D eigenvalue weighted by atomic mass is 10.1. The lowest BCUT2D eigenvalue weighted by Crippen LogP contribution is -2.22. The van der Waals surface area contributed by atoms with Gasteiger partial charge in [0.15, 0.2) is 0 Å². The van der Waals surface area contributed by atoms with Crippen molar-refractivity contribution in [1.29, 1.82) is 0 Å². The highest BCUT2D eigenvalue weighted by atomic mass is 16.3. The van der Waals surface area contributed by atoms with E-state index in [0.29, 0.717) is 19.4 Å². The molecule has 2 N–H and O–H groups in total. The van der Waals surface area contributed by atoms with E-state index in [-0.39, 0.29) is 12.0 Å². The summed E-state index contributed by atoms with van der Waals surface area (Å²) < 4.78 is 1.73. The summed E-state index contributed by atoms with van der Waals surface area (Å²) in [5.41, 5.74) is 0. The molecule has 0 amide bonds. The lowest BCUT2D eigenvalue weighted by Gasteiger charge is -2.18. The zero-order chi connectivity index (χ0) is 7.84. The Morgan fingerprint density at radius 1 is 1.64 bits per heavy atom. The SMILES string of the molecule is Oc1cnc2n1CCC(O)C2. The normalized spacial score (nSPS) is 23.2. The molecule has 0 fully saturated rings. The molecule has 60 valence electrons. The predicted molar refractivity (Wildman–Crippen MR) is 38.2 cm³/mol. The van der Waals surface area contributed by atoms with Crippen molar-refractivity contribution in [1.82, 2.24) is 9.55 Å². The molecule has 1 aliphatic heterocycles. The predicted octanol–water partition coefficient (Wildman–Crippen LogP) is -0.104. The van der Waals surface area contributed by atoms with Gasteiger partial charge in [0.25, 0.3) is 0 Å². The van der Waals surface area contributed by atoms with Gasteiger partial charge in [0.1, 0.15) is 5.82 Å². The molecule has 11 heavy (non-hydrogen) atoms. The highest BCUT2D eigenvalue weighted by Crippen LogP contribution is 2.19. The van der Waals surface area contributed by atoms with E-state index in [1.54, 1.807) is 4.57 Å². The molecule has 4 nitrogen and oxygen atoms in total. The molecular weight excluding hydrogens is 144 g/mol. The van der Waals surface area contributed by atoms with Gasteiger partial charge in [-0.1, -0.05) is 0 Å². The molecule has 1 atom stereocenters. The standard InChI is InChI=1S/C7H10N2O2/c10-5-1-2-9-6(3-5)8-4-7(9)11/h4-5,10-11H,1-3H2. The number of hydrogen-bond acceptors (Lipinski definition) is 3. The third kappa shape index (κ3) is 0.991. The summed E-state index contributed by atoms with van der Waals surface area (Å²) >= 11 is 0. The molecule has 1 aromatic heterocycles.